The third-order valence-electron chi connectivity index (χ3n) is 6.73. The zero-order valence-electron chi connectivity index (χ0n) is 17.9. The number of thiocarbonyl (C=S) groups is 1. The first-order valence-corrected chi connectivity index (χ1v) is 11.8. The van der Waals surface area contributed by atoms with E-state index in [2.05, 4.69) is 45.7 Å². The Hall–Kier alpha value is -2.37. The molecule has 1 aromatic carbocycles. The van der Waals surface area contributed by atoms with E-state index in [4.69, 9.17) is 23.8 Å². The van der Waals surface area contributed by atoms with Crippen LogP contribution in [0.3, 0.4) is 0 Å². The monoisotopic (exact) mass is 450 g/mol. The van der Waals surface area contributed by atoms with E-state index in [0.29, 0.717) is 11.2 Å². The van der Waals surface area contributed by atoms with E-state index in [1.807, 2.05) is 42.6 Å². The molecule has 2 aromatic heterocycles. The Labute approximate surface area is 194 Å². The van der Waals surface area contributed by atoms with Crippen LogP contribution in [0.2, 0.25) is 5.02 Å². The highest BCUT2D eigenvalue weighted by atomic mass is 35.5. The molecule has 5 rings (SSSR count). The number of hydrogen-bond donors (Lipinski definition) is 1. The van der Waals surface area contributed by atoms with Crippen LogP contribution in [0.15, 0.2) is 54.7 Å². The van der Waals surface area contributed by atoms with Crippen LogP contribution in [0.25, 0.3) is 0 Å². The average molecular weight is 451 g/mol. The van der Waals surface area contributed by atoms with Gasteiger partial charge in [0.25, 0.3) is 0 Å². The molecule has 2 aliphatic rings. The first kappa shape index (κ1) is 20.5. The van der Waals surface area contributed by atoms with Crippen molar-refractivity contribution in [2.45, 2.75) is 57.7 Å². The van der Waals surface area contributed by atoms with Gasteiger partial charge in [-0.3, -0.25) is 4.98 Å². The predicted octanol–water partition coefficient (Wildman–Crippen LogP) is 6.45. The lowest BCUT2D eigenvalue weighted by Gasteiger charge is -2.28. The molecule has 1 saturated heterocycles. The molecule has 3 aromatic rings. The Morgan fingerprint density at radius 2 is 1.81 bits per heavy atom. The summed E-state index contributed by atoms with van der Waals surface area (Å²) in [6.07, 6.45) is 7.02. The second-order valence-electron chi connectivity index (χ2n) is 8.61. The lowest BCUT2D eigenvalue weighted by molar-refractivity contribution is 0.494. The maximum Gasteiger partial charge on any atom is 0.174 e. The van der Waals surface area contributed by atoms with Crippen molar-refractivity contribution in [1.29, 1.82) is 0 Å². The first-order chi connectivity index (χ1) is 15.0. The molecule has 0 unspecified atom stereocenters. The zero-order chi connectivity index (χ0) is 21.5. The third kappa shape index (κ3) is 3.64. The highest BCUT2D eigenvalue weighted by molar-refractivity contribution is 7.80. The lowest BCUT2D eigenvalue weighted by Crippen LogP contribution is -2.29. The van der Waals surface area contributed by atoms with E-state index in [-0.39, 0.29) is 12.1 Å². The number of hydrogen-bond acceptors (Lipinski definition) is 2. The molecule has 0 radical (unpaired) electrons. The molecular formula is C25H27ClN4S. The minimum Gasteiger partial charge on any atom is -0.351 e. The Morgan fingerprint density at radius 3 is 2.48 bits per heavy atom. The smallest absolute Gasteiger partial charge is 0.174 e. The van der Waals surface area contributed by atoms with E-state index < -0.39 is 0 Å². The predicted molar refractivity (Wildman–Crippen MR) is 131 cm³/mol. The number of rotatable bonds is 4. The number of aromatic nitrogens is 2. The van der Waals surface area contributed by atoms with Crippen LogP contribution in [0.5, 0.6) is 0 Å². The quantitative estimate of drug-likeness (QED) is 0.463. The number of halogens is 1. The van der Waals surface area contributed by atoms with Crippen LogP contribution in [0.4, 0.5) is 5.69 Å². The molecule has 0 bridgehead atoms. The van der Waals surface area contributed by atoms with Crippen molar-refractivity contribution in [1.82, 2.24) is 14.9 Å². The van der Waals surface area contributed by atoms with Crippen LogP contribution >= 0.6 is 23.8 Å². The minimum absolute atomic E-state index is 0.0185. The van der Waals surface area contributed by atoms with Crippen molar-refractivity contribution < 1.29 is 0 Å². The van der Waals surface area contributed by atoms with E-state index in [1.54, 1.807) is 0 Å². The van der Waals surface area contributed by atoms with E-state index in [9.17, 15) is 0 Å². The summed E-state index contributed by atoms with van der Waals surface area (Å²) in [6, 6.07) is 17.0. The number of anilines is 1. The highest BCUT2D eigenvalue weighted by Gasteiger charge is 2.42. The van der Waals surface area contributed by atoms with Crippen LogP contribution in [0.1, 0.15) is 66.5 Å². The molecule has 0 amide bonds. The number of benzene rings is 1. The molecule has 4 nitrogen and oxygen atoms in total. The molecule has 160 valence electrons. The van der Waals surface area contributed by atoms with Crippen molar-refractivity contribution in [3.8, 4) is 0 Å². The van der Waals surface area contributed by atoms with E-state index >= 15 is 0 Å². The molecule has 6 heteroatoms. The lowest BCUT2D eigenvalue weighted by atomic mass is 9.96. The van der Waals surface area contributed by atoms with Gasteiger partial charge < -0.3 is 14.8 Å². The van der Waals surface area contributed by atoms with Gasteiger partial charge in [-0.25, -0.2) is 0 Å². The number of aryl methyl sites for hydroxylation is 1. The fourth-order valence-corrected chi connectivity index (χ4v) is 5.85. The van der Waals surface area contributed by atoms with Crippen LogP contribution in [0, 0.1) is 13.8 Å². The van der Waals surface area contributed by atoms with Crippen molar-refractivity contribution in [2.24, 2.45) is 0 Å². The van der Waals surface area contributed by atoms with E-state index in [0.717, 1.165) is 16.4 Å². The van der Waals surface area contributed by atoms with Crippen molar-refractivity contribution in [3.05, 3.63) is 82.4 Å². The minimum atomic E-state index is -0.0260. The number of pyridine rings is 1. The van der Waals surface area contributed by atoms with Gasteiger partial charge in [-0.2, -0.15) is 0 Å². The second kappa shape index (κ2) is 8.29. The molecule has 1 aliphatic carbocycles. The molecule has 2 atom stereocenters. The largest absolute Gasteiger partial charge is 0.351 e. The fraction of sp³-hybridized carbons (Fsp3) is 0.360. The maximum atomic E-state index is 6.17. The summed E-state index contributed by atoms with van der Waals surface area (Å²) in [7, 11) is 0. The van der Waals surface area contributed by atoms with Crippen molar-refractivity contribution in [2.75, 3.05) is 4.90 Å². The van der Waals surface area contributed by atoms with Crippen LogP contribution < -0.4 is 10.2 Å². The SMILES string of the molecule is Cc1cc([C@@H]2[C@H](c3ccccn3)NC(=S)N2c2ccc(Cl)cc2)c(C)n1C1CCCC1. The van der Waals surface area contributed by atoms with Gasteiger partial charge in [-0.05, 0) is 86.9 Å². The summed E-state index contributed by atoms with van der Waals surface area (Å²) in [5, 5.41) is 5.00. The van der Waals surface area contributed by atoms with Gasteiger partial charge in [-0.1, -0.05) is 30.5 Å². The zero-order valence-corrected chi connectivity index (χ0v) is 19.5. The number of nitrogens with one attached hydrogen (secondary N) is 1. The number of nitrogens with zero attached hydrogens (tertiary/aromatic N) is 3. The first-order valence-electron chi connectivity index (χ1n) is 11.0. The summed E-state index contributed by atoms with van der Waals surface area (Å²) < 4.78 is 2.55. The average Bonchev–Trinajstić information content (AvgIpc) is 3.47. The Morgan fingerprint density at radius 1 is 1.06 bits per heavy atom. The van der Waals surface area contributed by atoms with Crippen molar-refractivity contribution >= 4 is 34.6 Å². The standard InChI is InChI=1S/C25H27ClN4S/c1-16-15-21(17(2)29(16)19-7-3-4-8-19)24-23(22-9-5-6-14-27-22)28-25(31)30(24)20-12-10-18(26)11-13-20/h5-6,9-15,19,23-24H,3-4,7-8H2,1-2H3,(H,28,31)/t23-,24+/m0/s1. The Balaban J connectivity index is 1.64. The molecule has 1 saturated carbocycles. The summed E-state index contributed by atoms with van der Waals surface area (Å²) in [4.78, 5) is 6.90. The Bertz CT molecular complexity index is 1090. The molecule has 2 fully saturated rings. The molecule has 1 N–H and O–H groups in total. The summed E-state index contributed by atoms with van der Waals surface area (Å²) >= 11 is 12.0. The second-order valence-corrected chi connectivity index (χ2v) is 9.43. The highest BCUT2D eigenvalue weighted by Crippen LogP contribution is 2.44. The summed E-state index contributed by atoms with van der Waals surface area (Å²) in [6.45, 7) is 4.50. The van der Waals surface area contributed by atoms with Gasteiger partial charge in [0.05, 0.1) is 17.8 Å². The van der Waals surface area contributed by atoms with Gasteiger partial charge in [0, 0.05) is 34.3 Å². The Kier molecular flexibility index (Phi) is 5.49. The maximum absolute atomic E-state index is 6.17. The van der Waals surface area contributed by atoms with Gasteiger partial charge in [-0.15, -0.1) is 0 Å². The molecule has 3 heterocycles. The van der Waals surface area contributed by atoms with Crippen LogP contribution in [-0.4, -0.2) is 14.7 Å². The molecule has 31 heavy (non-hydrogen) atoms. The molecule has 0 spiro atoms. The van der Waals surface area contributed by atoms with Gasteiger partial charge >= 0.3 is 0 Å². The van der Waals surface area contributed by atoms with E-state index in [1.165, 1.54) is 42.6 Å². The van der Waals surface area contributed by atoms with Gasteiger partial charge in [0.2, 0.25) is 0 Å². The topological polar surface area (TPSA) is 33.1 Å². The summed E-state index contributed by atoms with van der Waals surface area (Å²) in [5.41, 5.74) is 6.00. The summed E-state index contributed by atoms with van der Waals surface area (Å²) in [5.74, 6) is 0. The van der Waals surface area contributed by atoms with Gasteiger partial charge in [0.1, 0.15) is 0 Å². The molecular weight excluding hydrogens is 424 g/mol. The third-order valence-corrected chi connectivity index (χ3v) is 7.30. The molecule has 1 aliphatic heterocycles. The van der Waals surface area contributed by atoms with Crippen molar-refractivity contribution in [3.63, 3.8) is 0 Å². The van der Waals surface area contributed by atoms with Crippen LogP contribution in [-0.2, 0) is 0 Å². The normalized spacial score (nSPS) is 21.6. The van der Waals surface area contributed by atoms with Gasteiger partial charge in [0.15, 0.2) is 5.11 Å². The fourth-order valence-electron chi connectivity index (χ4n) is 5.38.